The maximum Gasteiger partial charge on any atom is 0.123 e. The Hall–Kier alpha value is -0.980. The fourth-order valence-electron chi connectivity index (χ4n) is 1.84. The van der Waals surface area contributed by atoms with Gasteiger partial charge in [0.1, 0.15) is 6.04 Å². The van der Waals surface area contributed by atoms with Gasteiger partial charge in [0.2, 0.25) is 0 Å². The molecule has 1 fully saturated rings. The van der Waals surface area contributed by atoms with E-state index in [9.17, 15) is 5.26 Å². The van der Waals surface area contributed by atoms with Gasteiger partial charge in [-0.05, 0) is 5.56 Å². The molecule has 1 atom stereocenters. The minimum Gasteiger partial charge on any atom is -0.283 e. The molecule has 1 aliphatic rings. The summed E-state index contributed by atoms with van der Waals surface area (Å²) >= 11 is 1.97. The van der Waals surface area contributed by atoms with Gasteiger partial charge >= 0.3 is 0 Å². The summed E-state index contributed by atoms with van der Waals surface area (Å²) in [4.78, 5) is 2.27. The molecule has 0 aromatic heterocycles. The largest absolute Gasteiger partial charge is 0.283 e. The van der Waals surface area contributed by atoms with Crippen molar-refractivity contribution in [3.8, 4) is 6.07 Å². The smallest absolute Gasteiger partial charge is 0.123 e. The maximum atomic E-state index is 9.23. The van der Waals surface area contributed by atoms with E-state index < -0.39 is 0 Å². The Bertz CT molecular complexity index is 338. The molecule has 2 rings (SSSR count). The van der Waals surface area contributed by atoms with Crippen molar-refractivity contribution in [1.82, 2.24) is 4.90 Å². The lowest BCUT2D eigenvalue weighted by Crippen LogP contribution is -2.35. The lowest BCUT2D eigenvalue weighted by atomic mass is 10.1. The summed E-state index contributed by atoms with van der Waals surface area (Å²) in [6, 6.07) is 12.4. The van der Waals surface area contributed by atoms with Crippen molar-refractivity contribution in [2.75, 3.05) is 24.6 Å². The van der Waals surface area contributed by atoms with Gasteiger partial charge in [0, 0.05) is 24.6 Å². The van der Waals surface area contributed by atoms with E-state index in [0.717, 1.165) is 30.2 Å². The predicted octanol–water partition coefficient (Wildman–Crippen LogP) is 2.30. The van der Waals surface area contributed by atoms with Crippen LogP contribution in [0.3, 0.4) is 0 Å². The zero-order valence-electron chi connectivity index (χ0n) is 8.60. The first-order chi connectivity index (χ1) is 7.42. The van der Waals surface area contributed by atoms with E-state index in [1.807, 2.05) is 42.1 Å². The highest BCUT2D eigenvalue weighted by Crippen LogP contribution is 2.23. The molecule has 0 saturated carbocycles. The molecule has 0 amide bonds. The van der Waals surface area contributed by atoms with Gasteiger partial charge in [0.05, 0.1) is 6.07 Å². The van der Waals surface area contributed by atoms with Crippen LogP contribution in [0.4, 0.5) is 0 Å². The minimum atomic E-state index is -0.0629. The van der Waals surface area contributed by atoms with Crippen LogP contribution in [0.25, 0.3) is 0 Å². The summed E-state index contributed by atoms with van der Waals surface area (Å²) in [7, 11) is 0. The first kappa shape index (κ1) is 10.5. The highest BCUT2D eigenvalue weighted by Gasteiger charge is 2.21. The van der Waals surface area contributed by atoms with Gasteiger partial charge in [-0.15, -0.1) is 0 Å². The second-order valence-electron chi connectivity index (χ2n) is 3.59. The van der Waals surface area contributed by atoms with E-state index in [-0.39, 0.29) is 6.04 Å². The van der Waals surface area contributed by atoms with Crippen molar-refractivity contribution >= 4 is 11.8 Å². The molecule has 0 aliphatic carbocycles. The topological polar surface area (TPSA) is 27.0 Å². The zero-order chi connectivity index (χ0) is 10.5. The molecule has 2 nitrogen and oxygen atoms in total. The van der Waals surface area contributed by atoms with Crippen LogP contribution >= 0.6 is 11.8 Å². The Kier molecular flexibility index (Phi) is 3.65. The second-order valence-corrected chi connectivity index (χ2v) is 4.82. The molecular weight excluding hydrogens is 204 g/mol. The van der Waals surface area contributed by atoms with Crippen molar-refractivity contribution in [1.29, 1.82) is 5.26 Å². The molecule has 0 N–H and O–H groups in total. The first-order valence-corrected chi connectivity index (χ1v) is 6.33. The average molecular weight is 218 g/mol. The molecular formula is C12H14N2S. The molecule has 1 saturated heterocycles. The highest BCUT2D eigenvalue weighted by atomic mass is 32.2. The Morgan fingerprint density at radius 3 is 2.47 bits per heavy atom. The van der Waals surface area contributed by atoms with Gasteiger partial charge in [0.25, 0.3) is 0 Å². The molecule has 1 aliphatic heterocycles. The Balaban J connectivity index is 2.14. The maximum absolute atomic E-state index is 9.23. The predicted molar refractivity (Wildman–Crippen MR) is 63.7 cm³/mol. The van der Waals surface area contributed by atoms with Gasteiger partial charge in [0.15, 0.2) is 0 Å². The van der Waals surface area contributed by atoms with Crippen LogP contribution in [0.5, 0.6) is 0 Å². The van der Waals surface area contributed by atoms with Gasteiger partial charge in [-0.25, -0.2) is 0 Å². The monoisotopic (exact) mass is 218 g/mol. The lowest BCUT2D eigenvalue weighted by molar-refractivity contribution is 0.261. The summed E-state index contributed by atoms with van der Waals surface area (Å²) in [5, 5.41) is 9.23. The molecule has 0 bridgehead atoms. The minimum absolute atomic E-state index is 0.0629. The summed E-state index contributed by atoms with van der Waals surface area (Å²) < 4.78 is 0. The number of thioether (sulfide) groups is 1. The van der Waals surface area contributed by atoms with Crippen LogP contribution in [0.2, 0.25) is 0 Å². The van der Waals surface area contributed by atoms with Gasteiger partial charge in [-0.3, -0.25) is 4.90 Å². The van der Waals surface area contributed by atoms with Gasteiger partial charge in [-0.1, -0.05) is 30.3 Å². The van der Waals surface area contributed by atoms with Crippen LogP contribution < -0.4 is 0 Å². The SMILES string of the molecule is N#C[C@@H](c1ccccc1)N1CCSCC1. The Morgan fingerprint density at radius 2 is 1.87 bits per heavy atom. The number of hydrogen-bond donors (Lipinski definition) is 0. The highest BCUT2D eigenvalue weighted by molar-refractivity contribution is 7.99. The summed E-state index contributed by atoms with van der Waals surface area (Å²) in [5.74, 6) is 2.29. The average Bonchev–Trinajstić information content (AvgIpc) is 2.33. The van der Waals surface area contributed by atoms with Crippen LogP contribution in [0.15, 0.2) is 30.3 Å². The quantitative estimate of drug-likeness (QED) is 0.762. The first-order valence-electron chi connectivity index (χ1n) is 5.18. The molecule has 78 valence electrons. The molecule has 0 unspecified atom stereocenters. The molecule has 0 spiro atoms. The van der Waals surface area contributed by atoms with Crippen LogP contribution in [-0.4, -0.2) is 29.5 Å². The molecule has 1 heterocycles. The van der Waals surface area contributed by atoms with Crippen molar-refractivity contribution in [3.63, 3.8) is 0 Å². The van der Waals surface area contributed by atoms with E-state index >= 15 is 0 Å². The van der Waals surface area contributed by atoms with E-state index in [2.05, 4.69) is 11.0 Å². The second kappa shape index (κ2) is 5.20. The third-order valence-electron chi connectivity index (χ3n) is 2.65. The fourth-order valence-corrected chi connectivity index (χ4v) is 2.77. The third kappa shape index (κ3) is 2.53. The molecule has 3 heteroatoms. The number of rotatable bonds is 2. The van der Waals surface area contributed by atoms with Crippen LogP contribution in [-0.2, 0) is 0 Å². The summed E-state index contributed by atoms with van der Waals surface area (Å²) in [6.07, 6.45) is 0. The lowest BCUT2D eigenvalue weighted by Gasteiger charge is -2.30. The summed E-state index contributed by atoms with van der Waals surface area (Å²) in [5.41, 5.74) is 1.12. The Labute approximate surface area is 94.9 Å². The summed E-state index contributed by atoms with van der Waals surface area (Å²) in [6.45, 7) is 2.05. The van der Waals surface area contributed by atoms with Crippen molar-refractivity contribution in [2.24, 2.45) is 0 Å². The number of nitriles is 1. The van der Waals surface area contributed by atoms with E-state index in [1.165, 1.54) is 0 Å². The van der Waals surface area contributed by atoms with E-state index in [1.54, 1.807) is 0 Å². The van der Waals surface area contributed by atoms with Crippen LogP contribution in [0, 0.1) is 11.3 Å². The van der Waals surface area contributed by atoms with Gasteiger partial charge < -0.3 is 0 Å². The standard InChI is InChI=1S/C12H14N2S/c13-10-12(11-4-2-1-3-5-11)14-6-8-15-9-7-14/h1-5,12H,6-9H2/t12-/m0/s1. The third-order valence-corrected chi connectivity index (χ3v) is 3.59. The number of benzene rings is 1. The van der Waals surface area contributed by atoms with Gasteiger partial charge in [-0.2, -0.15) is 17.0 Å². The van der Waals surface area contributed by atoms with Crippen molar-refractivity contribution in [2.45, 2.75) is 6.04 Å². The normalized spacial score (nSPS) is 19.4. The number of nitrogens with zero attached hydrogens (tertiary/aromatic N) is 2. The van der Waals surface area contributed by atoms with Crippen molar-refractivity contribution in [3.05, 3.63) is 35.9 Å². The molecule has 0 radical (unpaired) electrons. The van der Waals surface area contributed by atoms with E-state index in [0.29, 0.717) is 0 Å². The van der Waals surface area contributed by atoms with E-state index in [4.69, 9.17) is 0 Å². The Morgan fingerprint density at radius 1 is 1.20 bits per heavy atom. The molecule has 1 aromatic carbocycles. The number of hydrogen-bond acceptors (Lipinski definition) is 3. The van der Waals surface area contributed by atoms with Crippen LogP contribution in [0.1, 0.15) is 11.6 Å². The fraction of sp³-hybridized carbons (Fsp3) is 0.417. The van der Waals surface area contributed by atoms with Crippen molar-refractivity contribution < 1.29 is 0 Å². The molecule has 1 aromatic rings. The molecule has 15 heavy (non-hydrogen) atoms. The zero-order valence-corrected chi connectivity index (χ0v) is 9.41.